The van der Waals surface area contributed by atoms with E-state index >= 15 is 0 Å². The van der Waals surface area contributed by atoms with Crippen LogP contribution in [0.2, 0.25) is 5.15 Å². The highest BCUT2D eigenvalue weighted by molar-refractivity contribution is 6.29. The maximum absolute atomic E-state index is 9.79. The van der Waals surface area contributed by atoms with E-state index in [1.807, 2.05) is 0 Å². The molecule has 0 atom stereocenters. The highest BCUT2D eigenvalue weighted by Gasteiger charge is 2.13. The average Bonchev–Trinajstić information content (AvgIpc) is 2.72. The zero-order chi connectivity index (χ0) is 12.7. The zero-order valence-corrected chi connectivity index (χ0v) is 9.70. The summed E-state index contributed by atoms with van der Waals surface area (Å²) in [7, 11) is 0. The lowest BCUT2D eigenvalue weighted by molar-refractivity contribution is 0.451. The molecule has 90 valence electrons. The first-order valence-corrected chi connectivity index (χ1v) is 5.43. The normalized spacial score (nSPS) is 10.9. The monoisotopic (exact) mass is 262 g/mol. The standard InChI is InChI=1S/C11H7ClN4O2/c12-9-3-4-10-13-14-11(16(10)15-9)7-2-1-6(17)5-8(7)18/h1-5,17-18H. The summed E-state index contributed by atoms with van der Waals surface area (Å²) >= 11 is 5.81. The summed E-state index contributed by atoms with van der Waals surface area (Å²) in [6.45, 7) is 0. The number of benzene rings is 1. The summed E-state index contributed by atoms with van der Waals surface area (Å²) in [6, 6.07) is 7.47. The minimum atomic E-state index is -0.105. The van der Waals surface area contributed by atoms with Crippen LogP contribution in [0.4, 0.5) is 0 Å². The number of phenolic OH excluding ortho intramolecular Hbond substituents is 2. The predicted molar refractivity (Wildman–Crippen MR) is 64.6 cm³/mol. The van der Waals surface area contributed by atoms with Crippen LogP contribution >= 0.6 is 11.6 Å². The largest absolute Gasteiger partial charge is 0.508 e. The fourth-order valence-corrected chi connectivity index (χ4v) is 1.78. The summed E-state index contributed by atoms with van der Waals surface area (Å²) in [6.07, 6.45) is 0. The molecular weight excluding hydrogens is 256 g/mol. The molecule has 0 unspecified atom stereocenters. The Hall–Kier alpha value is -2.34. The molecule has 18 heavy (non-hydrogen) atoms. The quantitative estimate of drug-likeness (QED) is 0.699. The van der Waals surface area contributed by atoms with E-state index in [1.165, 1.54) is 22.7 Å². The fourth-order valence-electron chi connectivity index (χ4n) is 1.64. The van der Waals surface area contributed by atoms with Crippen molar-refractivity contribution in [2.45, 2.75) is 0 Å². The van der Waals surface area contributed by atoms with Crippen molar-refractivity contribution in [3.8, 4) is 22.9 Å². The van der Waals surface area contributed by atoms with E-state index in [-0.39, 0.29) is 11.5 Å². The lowest BCUT2D eigenvalue weighted by Crippen LogP contribution is -1.95. The molecule has 0 aliphatic heterocycles. The van der Waals surface area contributed by atoms with Crippen molar-refractivity contribution in [3.63, 3.8) is 0 Å². The lowest BCUT2D eigenvalue weighted by atomic mass is 10.2. The Morgan fingerprint density at radius 2 is 1.89 bits per heavy atom. The van der Waals surface area contributed by atoms with Crippen molar-refractivity contribution in [1.29, 1.82) is 0 Å². The number of nitrogens with zero attached hydrogens (tertiary/aromatic N) is 4. The summed E-state index contributed by atoms with van der Waals surface area (Å²) < 4.78 is 1.43. The van der Waals surface area contributed by atoms with Gasteiger partial charge in [0.1, 0.15) is 16.7 Å². The van der Waals surface area contributed by atoms with Gasteiger partial charge < -0.3 is 10.2 Å². The van der Waals surface area contributed by atoms with Crippen molar-refractivity contribution in [2.24, 2.45) is 0 Å². The van der Waals surface area contributed by atoms with Gasteiger partial charge in [-0.25, -0.2) is 0 Å². The number of aromatic nitrogens is 4. The maximum Gasteiger partial charge on any atom is 0.189 e. The van der Waals surface area contributed by atoms with E-state index in [0.717, 1.165) is 0 Å². The molecule has 0 aliphatic carbocycles. The fraction of sp³-hybridized carbons (Fsp3) is 0. The Kier molecular flexibility index (Phi) is 2.31. The lowest BCUT2D eigenvalue weighted by Gasteiger charge is -2.02. The summed E-state index contributed by atoms with van der Waals surface area (Å²) in [5.41, 5.74) is 0.928. The van der Waals surface area contributed by atoms with Crippen molar-refractivity contribution in [3.05, 3.63) is 35.5 Å². The van der Waals surface area contributed by atoms with Crippen LogP contribution in [0.15, 0.2) is 30.3 Å². The number of phenols is 2. The van der Waals surface area contributed by atoms with Crippen LogP contribution < -0.4 is 0 Å². The van der Waals surface area contributed by atoms with Crippen LogP contribution in [0.1, 0.15) is 0 Å². The number of rotatable bonds is 1. The molecular formula is C11H7ClN4O2. The van der Waals surface area contributed by atoms with Gasteiger partial charge in [0.2, 0.25) is 0 Å². The number of halogens is 1. The number of aromatic hydroxyl groups is 2. The van der Waals surface area contributed by atoms with Crippen LogP contribution in [0.25, 0.3) is 17.0 Å². The van der Waals surface area contributed by atoms with Crippen LogP contribution in [0.3, 0.4) is 0 Å². The molecule has 0 fully saturated rings. The van der Waals surface area contributed by atoms with Gasteiger partial charge in [-0.1, -0.05) is 11.6 Å². The van der Waals surface area contributed by atoms with E-state index in [9.17, 15) is 10.2 Å². The third kappa shape index (κ3) is 1.63. The molecule has 2 aromatic heterocycles. The Labute approximate surface area is 106 Å². The van der Waals surface area contributed by atoms with Crippen LogP contribution in [-0.2, 0) is 0 Å². The molecule has 0 aliphatic rings. The second kappa shape index (κ2) is 3.85. The van der Waals surface area contributed by atoms with Crippen molar-refractivity contribution in [2.75, 3.05) is 0 Å². The zero-order valence-electron chi connectivity index (χ0n) is 8.95. The molecule has 0 radical (unpaired) electrons. The van der Waals surface area contributed by atoms with Crippen molar-refractivity contribution >= 4 is 17.2 Å². The molecule has 3 aromatic rings. The van der Waals surface area contributed by atoms with Crippen LogP contribution in [0, 0.1) is 0 Å². The van der Waals surface area contributed by atoms with E-state index in [2.05, 4.69) is 15.3 Å². The highest BCUT2D eigenvalue weighted by atomic mass is 35.5. The highest BCUT2D eigenvalue weighted by Crippen LogP contribution is 2.30. The summed E-state index contributed by atoms with van der Waals surface area (Å²) in [5, 5.41) is 31.3. The van der Waals surface area contributed by atoms with E-state index < -0.39 is 0 Å². The minimum absolute atomic E-state index is 0.0314. The maximum atomic E-state index is 9.79. The van der Waals surface area contributed by atoms with Gasteiger partial charge in [0.25, 0.3) is 0 Å². The van der Waals surface area contributed by atoms with Crippen LogP contribution in [0.5, 0.6) is 11.5 Å². The first kappa shape index (κ1) is 10.8. The second-order valence-corrected chi connectivity index (χ2v) is 4.04. The molecule has 0 saturated heterocycles. The number of hydrogen-bond acceptors (Lipinski definition) is 5. The molecule has 0 amide bonds. The summed E-state index contributed by atoms with van der Waals surface area (Å²) in [5.74, 6) is 0.215. The molecule has 2 heterocycles. The van der Waals surface area contributed by atoms with Crippen molar-refractivity contribution < 1.29 is 10.2 Å². The van der Waals surface area contributed by atoms with Gasteiger partial charge in [0, 0.05) is 6.07 Å². The first-order chi connectivity index (χ1) is 8.65. The average molecular weight is 263 g/mol. The van der Waals surface area contributed by atoms with Crippen molar-refractivity contribution in [1.82, 2.24) is 19.8 Å². The smallest absolute Gasteiger partial charge is 0.189 e. The Balaban J connectivity index is 2.28. The van der Waals surface area contributed by atoms with Gasteiger partial charge in [-0.05, 0) is 24.3 Å². The topological polar surface area (TPSA) is 83.5 Å². The third-order valence-electron chi connectivity index (χ3n) is 2.45. The first-order valence-electron chi connectivity index (χ1n) is 5.05. The number of fused-ring (bicyclic) bond motifs is 1. The van der Waals surface area contributed by atoms with E-state index in [4.69, 9.17) is 11.6 Å². The SMILES string of the molecule is Oc1ccc(-c2nnc3ccc(Cl)nn23)c(O)c1. The van der Waals surface area contributed by atoms with Gasteiger partial charge in [0.15, 0.2) is 11.5 Å². The predicted octanol–water partition coefficient (Wildman–Crippen LogP) is 1.86. The Bertz CT molecular complexity index is 741. The van der Waals surface area contributed by atoms with E-state index in [1.54, 1.807) is 12.1 Å². The molecule has 3 rings (SSSR count). The molecule has 6 nitrogen and oxygen atoms in total. The second-order valence-electron chi connectivity index (χ2n) is 3.65. The Morgan fingerprint density at radius 3 is 2.67 bits per heavy atom. The molecule has 7 heteroatoms. The van der Waals surface area contributed by atoms with Gasteiger partial charge in [-0.2, -0.15) is 9.61 Å². The van der Waals surface area contributed by atoms with Gasteiger partial charge in [-0.15, -0.1) is 10.2 Å². The molecule has 2 N–H and O–H groups in total. The molecule has 1 aromatic carbocycles. The molecule has 0 spiro atoms. The molecule has 0 saturated carbocycles. The Morgan fingerprint density at radius 1 is 1.06 bits per heavy atom. The van der Waals surface area contributed by atoms with Gasteiger partial charge in [0.05, 0.1) is 5.56 Å². The summed E-state index contributed by atoms with van der Waals surface area (Å²) in [4.78, 5) is 0. The van der Waals surface area contributed by atoms with Crippen LogP contribution in [-0.4, -0.2) is 30.0 Å². The van der Waals surface area contributed by atoms with E-state index in [0.29, 0.717) is 22.2 Å². The van der Waals surface area contributed by atoms with Gasteiger partial charge in [-0.3, -0.25) is 0 Å². The molecule has 0 bridgehead atoms. The minimum Gasteiger partial charge on any atom is -0.508 e. The van der Waals surface area contributed by atoms with Gasteiger partial charge >= 0.3 is 0 Å². The number of hydrogen-bond donors (Lipinski definition) is 2. The third-order valence-corrected chi connectivity index (χ3v) is 2.65.